The summed E-state index contributed by atoms with van der Waals surface area (Å²) in [7, 11) is -2.56. The molecule has 0 N–H and O–H groups in total. The van der Waals surface area contributed by atoms with Crippen LogP contribution in [0.15, 0.2) is 0 Å². The van der Waals surface area contributed by atoms with Gasteiger partial charge < -0.3 is 9.47 Å². The third-order valence-electron chi connectivity index (χ3n) is 5.12. The van der Waals surface area contributed by atoms with E-state index in [1.165, 1.54) is 4.31 Å². The lowest BCUT2D eigenvalue weighted by molar-refractivity contribution is -0.151. The fraction of sp³-hybridized carbons (Fsp3) is 0.833. The number of ether oxygens (including phenoxy) is 2. The molecule has 0 radical (unpaired) electrons. The van der Waals surface area contributed by atoms with Gasteiger partial charge in [-0.3, -0.25) is 9.59 Å². The molecule has 2 saturated heterocycles. The minimum Gasteiger partial charge on any atom is -0.468 e. The van der Waals surface area contributed by atoms with Gasteiger partial charge in [-0.1, -0.05) is 6.42 Å². The highest BCUT2D eigenvalue weighted by Gasteiger charge is 2.55. The zero-order valence-corrected chi connectivity index (χ0v) is 18.0. The smallest absolute Gasteiger partial charge is 0.417 e. The minimum atomic E-state index is -3.69. The van der Waals surface area contributed by atoms with Crippen LogP contribution in [-0.4, -0.2) is 73.2 Å². The number of likely N-dealkylation sites (tertiary alicyclic amines) is 1. The molecule has 0 saturated carbocycles. The minimum absolute atomic E-state index is 0.404. The molecule has 28 heavy (non-hydrogen) atoms. The third kappa shape index (κ3) is 4.83. The van der Waals surface area contributed by atoms with E-state index in [-0.39, 0.29) is 0 Å². The van der Waals surface area contributed by atoms with E-state index < -0.39 is 57.2 Å². The van der Waals surface area contributed by atoms with Crippen molar-refractivity contribution in [2.75, 3.05) is 26.0 Å². The van der Waals surface area contributed by atoms with E-state index >= 15 is 0 Å². The van der Waals surface area contributed by atoms with Crippen molar-refractivity contribution in [2.24, 2.45) is 11.8 Å². The molecule has 3 atom stereocenters. The summed E-state index contributed by atoms with van der Waals surface area (Å²) < 4.78 is 37.2. The van der Waals surface area contributed by atoms with Crippen LogP contribution in [0.3, 0.4) is 0 Å². The van der Waals surface area contributed by atoms with Crippen LogP contribution in [0.25, 0.3) is 0 Å². The second kappa shape index (κ2) is 8.36. The van der Waals surface area contributed by atoms with Crippen LogP contribution in [0.2, 0.25) is 0 Å². The first-order valence-corrected chi connectivity index (χ1v) is 11.1. The topological polar surface area (TPSA) is 110 Å². The number of amides is 2. The van der Waals surface area contributed by atoms with Crippen molar-refractivity contribution in [1.29, 1.82) is 0 Å². The average Bonchev–Trinajstić information content (AvgIpc) is 2.83. The normalized spacial score (nSPS) is 27.0. The van der Waals surface area contributed by atoms with Crippen molar-refractivity contribution in [3.63, 3.8) is 0 Å². The van der Waals surface area contributed by atoms with Gasteiger partial charge in [-0.25, -0.2) is 22.4 Å². The molecule has 0 aliphatic carbocycles. The number of piperidine rings is 1. The summed E-state index contributed by atoms with van der Waals surface area (Å²) in [5.41, 5.74) is -0.837. The number of rotatable bonds is 4. The molecule has 2 aliphatic heterocycles. The van der Waals surface area contributed by atoms with Crippen LogP contribution < -0.4 is 0 Å². The molecule has 10 heteroatoms. The molecular weight excluding hydrogens is 388 g/mol. The number of hydrogen-bond donors (Lipinski definition) is 0. The van der Waals surface area contributed by atoms with Gasteiger partial charge in [-0.15, -0.1) is 0 Å². The van der Waals surface area contributed by atoms with E-state index in [9.17, 15) is 22.8 Å². The lowest BCUT2D eigenvalue weighted by Crippen LogP contribution is -2.44. The van der Waals surface area contributed by atoms with Gasteiger partial charge in [0.25, 0.3) is 0 Å². The van der Waals surface area contributed by atoms with Gasteiger partial charge in [0.2, 0.25) is 15.9 Å². The summed E-state index contributed by atoms with van der Waals surface area (Å²) in [4.78, 5) is 38.5. The molecule has 2 heterocycles. The zero-order valence-electron chi connectivity index (χ0n) is 17.1. The summed E-state index contributed by atoms with van der Waals surface area (Å²) in [6.45, 7) is 7.39. The van der Waals surface area contributed by atoms with Gasteiger partial charge in [0.1, 0.15) is 11.5 Å². The molecule has 2 aliphatic rings. The number of carbonyl (C=O) groups excluding carboxylic acids is 3. The second-order valence-electron chi connectivity index (χ2n) is 8.33. The Morgan fingerprint density at radius 2 is 1.71 bits per heavy atom. The summed E-state index contributed by atoms with van der Waals surface area (Å²) in [6, 6.07) is -0.814. The van der Waals surface area contributed by atoms with E-state index in [0.717, 1.165) is 31.3 Å². The Hall–Kier alpha value is -1.68. The van der Waals surface area contributed by atoms with Gasteiger partial charge in [0.05, 0.1) is 12.9 Å². The lowest BCUT2D eigenvalue weighted by atomic mass is 9.93. The van der Waals surface area contributed by atoms with E-state index in [1.807, 2.05) is 0 Å². The van der Waals surface area contributed by atoms with E-state index in [1.54, 1.807) is 27.7 Å². The number of carbonyl (C=O) groups is 3. The second-order valence-corrected chi connectivity index (χ2v) is 10.3. The van der Waals surface area contributed by atoms with Crippen LogP contribution in [0, 0.1) is 11.8 Å². The third-order valence-corrected chi connectivity index (χ3v) is 7.07. The fourth-order valence-electron chi connectivity index (χ4n) is 3.70. The van der Waals surface area contributed by atoms with E-state index in [2.05, 4.69) is 0 Å². The molecule has 0 aromatic rings. The quantitative estimate of drug-likeness (QED) is 0.501. The first-order chi connectivity index (χ1) is 12.9. The number of esters is 1. The molecular formula is C18H30N2O7S. The number of nitrogens with zero attached hydrogens (tertiary/aromatic N) is 2. The molecule has 0 aromatic carbocycles. The monoisotopic (exact) mass is 418 g/mol. The molecule has 2 amide bonds. The van der Waals surface area contributed by atoms with Gasteiger partial charge in [-0.05, 0) is 40.5 Å². The Kier molecular flexibility index (Phi) is 6.75. The number of imide groups is 1. The fourth-order valence-corrected chi connectivity index (χ4v) is 5.68. The Morgan fingerprint density at radius 3 is 2.21 bits per heavy atom. The SMILES string of the molecule is COC(=O)[C@@H]1C(=O)N(C(=O)OC(C)(C)C)[C@@H](C)[C@H]1CS(=O)(=O)N1CCCCC1. The first-order valence-electron chi connectivity index (χ1n) is 9.51. The van der Waals surface area contributed by atoms with Crippen molar-refractivity contribution >= 4 is 28.0 Å². The molecule has 0 unspecified atom stereocenters. The molecule has 160 valence electrons. The van der Waals surface area contributed by atoms with Crippen molar-refractivity contribution in [1.82, 2.24) is 9.21 Å². The maximum atomic E-state index is 12.9. The summed E-state index contributed by atoms with van der Waals surface area (Å²) >= 11 is 0. The highest BCUT2D eigenvalue weighted by Crippen LogP contribution is 2.35. The maximum Gasteiger partial charge on any atom is 0.417 e. The van der Waals surface area contributed by atoms with Crippen LogP contribution in [0.4, 0.5) is 4.79 Å². The largest absolute Gasteiger partial charge is 0.468 e. The number of hydrogen-bond acceptors (Lipinski definition) is 7. The van der Waals surface area contributed by atoms with Crippen LogP contribution >= 0.6 is 0 Å². The summed E-state index contributed by atoms with van der Waals surface area (Å²) in [6.07, 6.45) is 1.64. The van der Waals surface area contributed by atoms with Crippen LogP contribution in [0.1, 0.15) is 47.0 Å². The predicted molar refractivity (Wildman–Crippen MR) is 101 cm³/mol. The van der Waals surface area contributed by atoms with Gasteiger partial charge in [-0.2, -0.15) is 0 Å². The molecule has 0 bridgehead atoms. The predicted octanol–water partition coefficient (Wildman–Crippen LogP) is 1.37. The van der Waals surface area contributed by atoms with Crippen LogP contribution in [-0.2, 0) is 29.1 Å². The highest BCUT2D eigenvalue weighted by molar-refractivity contribution is 7.89. The molecule has 0 aromatic heterocycles. The molecule has 2 rings (SSSR count). The standard InChI is InChI=1S/C18H30N2O7S/c1-12-13(11-28(24,25)19-9-7-6-8-10-19)14(16(22)26-5)15(21)20(12)17(23)27-18(2,3)4/h12-14H,6-11H2,1-5H3/t12-,13+,14-/m0/s1. The summed E-state index contributed by atoms with van der Waals surface area (Å²) in [5.74, 6) is -4.29. The lowest BCUT2D eigenvalue weighted by Gasteiger charge is -2.29. The van der Waals surface area contributed by atoms with Crippen molar-refractivity contribution < 1.29 is 32.3 Å². The van der Waals surface area contributed by atoms with E-state index in [4.69, 9.17) is 9.47 Å². The van der Waals surface area contributed by atoms with Crippen molar-refractivity contribution in [3.05, 3.63) is 0 Å². The maximum absolute atomic E-state index is 12.9. The Morgan fingerprint density at radius 1 is 1.14 bits per heavy atom. The zero-order chi connectivity index (χ0) is 21.3. The first kappa shape index (κ1) is 22.6. The molecule has 2 fully saturated rings. The Balaban J connectivity index is 2.30. The van der Waals surface area contributed by atoms with Crippen molar-refractivity contribution in [2.45, 2.75) is 58.6 Å². The van der Waals surface area contributed by atoms with Crippen LogP contribution in [0.5, 0.6) is 0 Å². The Labute approximate surface area is 166 Å². The number of sulfonamides is 1. The number of methoxy groups -OCH3 is 1. The Bertz CT molecular complexity index is 723. The van der Waals surface area contributed by atoms with Gasteiger partial charge >= 0.3 is 12.1 Å². The van der Waals surface area contributed by atoms with Crippen molar-refractivity contribution in [3.8, 4) is 0 Å². The average molecular weight is 419 g/mol. The van der Waals surface area contributed by atoms with Gasteiger partial charge in [0, 0.05) is 25.0 Å². The van der Waals surface area contributed by atoms with Gasteiger partial charge in [0.15, 0.2) is 0 Å². The van der Waals surface area contributed by atoms with E-state index in [0.29, 0.717) is 13.1 Å². The molecule has 0 spiro atoms. The summed E-state index contributed by atoms with van der Waals surface area (Å²) in [5, 5.41) is 0. The highest BCUT2D eigenvalue weighted by atomic mass is 32.2. The molecule has 9 nitrogen and oxygen atoms in total.